The Labute approximate surface area is 103 Å². The SMILES string of the molecule is CN1Cc2ccccc2[C@H]1Cc1ccccc1. The van der Waals surface area contributed by atoms with Gasteiger partial charge in [0, 0.05) is 12.6 Å². The molecule has 0 fully saturated rings. The lowest BCUT2D eigenvalue weighted by molar-refractivity contribution is 0.267. The highest BCUT2D eigenvalue weighted by Gasteiger charge is 2.26. The normalized spacial score (nSPS) is 19.2. The average Bonchev–Trinajstić information content (AvgIpc) is 2.68. The van der Waals surface area contributed by atoms with E-state index in [2.05, 4.69) is 66.5 Å². The summed E-state index contributed by atoms with van der Waals surface area (Å²) in [6.07, 6.45) is 1.11. The third-order valence-corrected chi connectivity index (χ3v) is 3.64. The zero-order valence-electron chi connectivity index (χ0n) is 10.1. The third-order valence-electron chi connectivity index (χ3n) is 3.64. The summed E-state index contributed by atoms with van der Waals surface area (Å²) in [7, 11) is 2.22. The minimum Gasteiger partial charge on any atom is -0.295 e. The van der Waals surface area contributed by atoms with Crippen molar-refractivity contribution < 1.29 is 0 Å². The summed E-state index contributed by atoms with van der Waals surface area (Å²) >= 11 is 0. The Balaban J connectivity index is 1.89. The van der Waals surface area contributed by atoms with Gasteiger partial charge in [0.1, 0.15) is 0 Å². The van der Waals surface area contributed by atoms with Crippen molar-refractivity contribution in [1.29, 1.82) is 0 Å². The first-order valence-corrected chi connectivity index (χ1v) is 6.16. The van der Waals surface area contributed by atoms with Crippen LogP contribution in [-0.2, 0) is 13.0 Å². The number of nitrogens with zero attached hydrogens (tertiary/aromatic N) is 1. The number of hydrogen-bond acceptors (Lipinski definition) is 1. The largest absolute Gasteiger partial charge is 0.295 e. The Kier molecular flexibility index (Phi) is 2.69. The van der Waals surface area contributed by atoms with Crippen molar-refractivity contribution in [3.05, 3.63) is 71.3 Å². The Hall–Kier alpha value is -1.60. The molecule has 0 amide bonds. The first-order valence-electron chi connectivity index (χ1n) is 6.16. The number of fused-ring (bicyclic) bond motifs is 1. The van der Waals surface area contributed by atoms with E-state index in [0.717, 1.165) is 13.0 Å². The molecule has 0 unspecified atom stereocenters. The van der Waals surface area contributed by atoms with Crippen LogP contribution >= 0.6 is 0 Å². The van der Waals surface area contributed by atoms with E-state index in [0.29, 0.717) is 6.04 Å². The lowest BCUT2D eigenvalue weighted by Gasteiger charge is -2.20. The van der Waals surface area contributed by atoms with Crippen molar-refractivity contribution in [2.24, 2.45) is 0 Å². The molecule has 1 atom stereocenters. The summed E-state index contributed by atoms with van der Waals surface area (Å²) < 4.78 is 0. The molecule has 0 N–H and O–H groups in total. The Morgan fingerprint density at radius 3 is 2.53 bits per heavy atom. The van der Waals surface area contributed by atoms with Gasteiger partial charge in [-0.05, 0) is 30.2 Å². The minimum atomic E-state index is 0.536. The van der Waals surface area contributed by atoms with Crippen molar-refractivity contribution in [3.8, 4) is 0 Å². The van der Waals surface area contributed by atoms with Crippen LogP contribution in [0.4, 0.5) is 0 Å². The first kappa shape index (κ1) is 10.5. The lowest BCUT2D eigenvalue weighted by Crippen LogP contribution is -2.18. The van der Waals surface area contributed by atoms with E-state index < -0.39 is 0 Å². The molecule has 0 saturated heterocycles. The molecular weight excluding hydrogens is 206 g/mol. The molecule has 86 valence electrons. The van der Waals surface area contributed by atoms with E-state index in [1.807, 2.05) is 0 Å². The van der Waals surface area contributed by atoms with Gasteiger partial charge in [0.05, 0.1) is 0 Å². The second-order valence-electron chi connectivity index (χ2n) is 4.82. The maximum absolute atomic E-state index is 2.44. The van der Waals surface area contributed by atoms with Crippen LogP contribution in [0, 0.1) is 0 Å². The second-order valence-corrected chi connectivity index (χ2v) is 4.82. The smallest absolute Gasteiger partial charge is 0.0392 e. The molecule has 1 aliphatic heterocycles. The van der Waals surface area contributed by atoms with Crippen molar-refractivity contribution >= 4 is 0 Å². The highest BCUT2D eigenvalue weighted by molar-refractivity contribution is 5.35. The van der Waals surface area contributed by atoms with Gasteiger partial charge in [0.15, 0.2) is 0 Å². The maximum Gasteiger partial charge on any atom is 0.0392 e. The van der Waals surface area contributed by atoms with Crippen LogP contribution in [0.1, 0.15) is 22.7 Å². The van der Waals surface area contributed by atoms with Gasteiger partial charge >= 0.3 is 0 Å². The number of rotatable bonds is 2. The van der Waals surface area contributed by atoms with Crippen molar-refractivity contribution in [2.45, 2.75) is 19.0 Å². The molecule has 3 rings (SSSR count). The summed E-state index contributed by atoms with van der Waals surface area (Å²) in [6, 6.07) is 20.1. The molecule has 0 saturated carbocycles. The van der Waals surface area contributed by atoms with Crippen molar-refractivity contribution in [2.75, 3.05) is 7.05 Å². The van der Waals surface area contributed by atoms with Gasteiger partial charge in [-0.2, -0.15) is 0 Å². The highest BCUT2D eigenvalue weighted by Crippen LogP contribution is 2.34. The molecule has 0 aromatic heterocycles. The zero-order chi connectivity index (χ0) is 11.7. The van der Waals surface area contributed by atoms with Crippen LogP contribution < -0.4 is 0 Å². The molecule has 17 heavy (non-hydrogen) atoms. The Morgan fingerprint density at radius 1 is 1.00 bits per heavy atom. The molecule has 1 aliphatic rings. The molecule has 1 nitrogen and oxygen atoms in total. The van der Waals surface area contributed by atoms with Crippen LogP contribution in [0.25, 0.3) is 0 Å². The molecule has 1 heterocycles. The predicted octanol–water partition coefficient (Wildman–Crippen LogP) is 3.42. The zero-order valence-corrected chi connectivity index (χ0v) is 10.1. The van der Waals surface area contributed by atoms with Crippen LogP contribution in [0.5, 0.6) is 0 Å². The number of benzene rings is 2. The molecule has 0 aliphatic carbocycles. The van der Waals surface area contributed by atoms with E-state index in [9.17, 15) is 0 Å². The molecule has 0 radical (unpaired) electrons. The van der Waals surface area contributed by atoms with Gasteiger partial charge in [0.2, 0.25) is 0 Å². The fraction of sp³-hybridized carbons (Fsp3) is 0.250. The summed E-state index contributed by atoms with van der Waals surface area (Å²) in [4.78, 5) is 2.44. The summed E-state index contributed by atoms with van der Waals surface area (Å²) in [6.45, 7) is 1.08. The molecular formula is C16H17N. The van der Waals surface area contributed by atoms with Crippen LogP contribution in [0.15, 0.2) is 54.6 Å². The van der Waals surface area contributed by atoms with Gasteiger partial charge < -0.3 is 0 Å². The summed E-state index contributed by atoms with van der Waals surface area (Å²) in [5.41, 5.74) is 4.40. The molecule has 2 aromatic carbocycles. The average molecular weight is 223 g/mol. The standard InChI is InChI=1S/C16H17N/c1-17-12-14-9-5-6-10-15(14)16(17)11-13-7-3-2-4-8-13/h2-10,16H,11-12H2,1H3/t16-/m1/s1. The Bertz CT molecular complexity index is 504. The van der Waals surface area contributed by atoms with E-state index in [1.54, 1.807) is 0 Å². The van der Waals surface area contributed by atoms with Gasteiger partial charge in [-0.1, -0.05) is 54.6 Å². The van der Waals surface area contributed by atoms with Crippen molar-refractivity contribution in [3.63, 3.8) is 0 Å². The van der Waals surface area contributed by atoms with E-state index in [4.69, 9.17) is 0 Å². The molecule has 0 bridgehead atoms. The van der Waals surface area contributed by atoms with Crippen LogP contribution in [0.2, 0.25) is 0 Å². The number of likely N-dealkylation sites (N-methyl/N-ethyl adjacent to an activating group) is 1. The van der Waals surface area contributed by atoms with Crippen molar-refractivity contribution in [1.82, 2.24) is 4.90 Å². The monoisotopic (exact) mass is 223 g/mol. The molecule has 0 spiro atoms. The lowest BCUT2D eigenvalue weighted by atomic mass is 9.98. The quantitative estimate of drug-likeness (QED) is 0.754. The topological polar surface area (TPSA) is 3.24 Å². The van der Waals surface area contributed by atoms with E-state index in [-0.39, 0.29) is 0 Å². The van der Waals surface area contributed by atoms with Gasteiger partial charge in [-0.3, -0.25) is 4.90 Å². The summed E-state index contributed by atoms with van der Waals surface area (Å²) in [5.74, 6) is 0. The fourth-order valence-corrected chi connectivity index (χ4v) is 2.72. The highest BCUT2D eigenvalue weighted by atomic mass is 15.1. The minimum absolute atomic E-state index is 0.536. The number of hydrogen-bond donors (Lipinski definition) is 0. The van der Waals surface area contributed by atoms with E-state index >= 15 is 0 Å². The van der Waals surface area contributed by atoms with Gasteiger partial charge in [0.25, 0.3) is 0 Å². The predicted molar refractivity (Wildman–Crippen MR) is 70.8 cm³/mol. The third kappa shape index (κ3) is 1.98. The molecule has 2 aromatic rings. The van der Waals surface area contributed by atoms with Crippen LogP contribution in [-0.4, -0.2) is 11.9 Å². The fourth-order valence-electron chi connectivity index (χ4n) is 2.72. The van der Waals surface area contributed by atoms with Gasteiger partial charge in [-0.15, -0.1) is 0 Å². The van der Waals surface area contributed by atoms with Crippen LogP contribution in [0.3, 0.4) is 0 Å². The first-order chi connectivity index (χ1) is 8.34. The summed E-state index contributed by atoms with van der Waals surface area (Å²) in [5, 5.41) is 0. The Morgan fingerprint density at radius 2 is 1.71 bits per heavy atom. The second kappa shape index (κ2) is 4.34. The van der Waals surface area contributed by atoms with Gasteiger partial charge in [-0.25, -0.2) is 0 Å². The van der Waals surface area contributed by atoms with E-state index in [1.165, 1.54) is 16.7 Å². The molecule has 1 heteroatoms. The maximum atomic E-state index is 2.44.